The first-order valence-corrected chi connectivity index (χ1v) is 7.18. The monoisotopic (exact) mass is 334 g/mol. The summed E-state index contributed by atoms with van der Waals surface area (Å²) in [5.41, 5.74) is 2.63. The predicted molar refractivity (Wildman–Crippen MR) is 85.7 cm³/mol. The van der Waals surface area contributed by atoms with Crippen molar-refractivity contribution in [2.75, 3.05) is 6.61 Å². The number of hydrogen-bond donors (Lipinski definition) is 2. The van der Waals surface area contributed by atoms with Crippen molar-refractivity contribution >= 4 is 23.5 Å². The van der Waals surface area contributed by atoms with Crippen LogP contribution in [-0.4, -0.2) is 18.5 Å². The van der Waals surface area contributed by atoms with E-state index in [4.69, 9.17) is 26.9 Å². The Hall–Kier alpha value is -2.57. The third-order valence-electron chi connectivity index (χ3n) is 2.90. The van der Waals surface area contributed by atoms with Crippen LogP contribution in [0.4, 0.5) is 0 Å². The maximum absolute atomic E-state index is 12.2. The van der Waals surface area contributed by atoms with Crippen LogP contribution in [0.15, 0.2) is 42.5 Å². The van der Waals surface area contributed by atoms with Crippen LogP contribution >= 0.6 is 11.6 Å². The number of hydrogen-bond acceptors (Lipinski definition) is 5. The Morgan fingerprint density at radius 2 is 1.91 bits per heavy atom. The molecule has 0 aromatic heterocycles. The second-order valence-corrected chi connectivity index (χ2v) is 4.90. The minimum absolute atomic E-state index is 0.199. The lowest BCUT2D eigenvalue weighted by Gasteiger charge is -2.12. The average Bonchev–Trinajstić information content (AvgIpc) is 2.55. The summed E-state index contributed by atoms with van der Waals surface area (Å²) in [7, 11) is 0. The zero-order valence-electron chi connectivity index (χ0n) is 12.3. The molecule has 0 saturated heterocycles. The van der Waals surface area contributed by atoms with E-state index in [-0.39, 0.29) is 11.5 Å². The van der Waals surface area contributed by atoms with Gasteiger partial charge in [-0.3, -0.25) is 10.2 Å². The van der Waals surface area contributed by atoms with Crippen molar-refractivity contribution in [1.29, 1.82) is 0 Å². The van der Waals surface area contributed by atoms with Gasteiger partial charge in [-0.25, -0.2) is 10.6 Å². The van der Waals surface area contributed by atoms with E-state index in [1.54, 1.807) is 25.1 Å². The molecule has 0 radical (unpaired) electrons. The van der Waals surface area contributed by atoms with Gasteiger partial charge in [0.1, 0.15) is 0 Å². The Bertz CT molecular complexity index is 734. The number of nitrogen functional groups attached to an aromatic ring is 1. The molecule has 2 aromatic carbocycles. The van der Waals surface area contributed by atoms with Crippen LogP contribution in [0.5, 0.6) is 11.5 Å². The molecule has 0 atom stereocenters. The number of hydrazine groups is 1. The quantitative estimate of drug-likeness (QED) is 0.288. The van der Waals surface area contributed by atoms with E-state index in [1.807, 2.05) is 5.43 Å². The van der Waals surface area contributed by atoms with Crippen molar-refractivity contribution in [3.8, 4) is 11.5 Å². The van der Waals surface area contributed by atoms with E-state index < -0.39 is 11.9 Å². The second-order valence-electron chi connectivity index (χ2n) is 4.47. The molecule has 2 aromatic rings. The van der Waals surface area contributed by atoms with Crippen molar-refractivity contribution in [3.05, 3.63) is 58.6 Å². The molecule has 23 heavy (non-hydrogen) atoms. The number of benzene rings is 2. The highest BCUT2D eigenvalue weighted by Gasteiger charge is 2.15. The van der Waals surface area contributed by atoms with Gasteiger partial charge in [0.05, 0.1) is 12.2 Å². The normalized spacial score (nSPS) is 10.0. The van der Waals surface area contributed by atoms with Crippen LogP contribution in [0, 0.1) is 0 Å². The summed E-state index contributed by atoms with van der Waals surface area (Å²) in [4.78, 5) is 23.7. The molecule has 0 bridgehead atoms. The highest BCUT2D eigenvalue weighted by Crippen LogP contribution is 2.29. The molecule has 0 aliphatic carbocycles. The van der Waals surface area contributed by atoms with E-state index in [0.29, 0.717) is 22.8 Å². The number of amides is 1. The van der Waals surface area contributed by atoms with Gasteiger partial charge in [-0.1, -0.05) is 17.7 Å². The fraction of sp³-hybridized carbons (Fsp3) is 0.125. The number of carbonyl (C=O) groups excluding carboxylic acids is 2. The Kier molecular flexibility index (Phi) is 5.56. The van der Waals surface area contributed by atoms with E-state index in [2.05, 4.69) is 0 Å². The highest BCUT2D eigenvalue weighted by atomic mass is 35.5. The molecule has 0 spiro atoms. The lowest BCUT2D eigenvalue weighted by molar-refractivity contribution is 0.0728. The topological polar surface area (TPSA) is 90.7 Å². The molecule has 3 N–H and O–H groups in total. The van der Waals surface area contributed by atoms with Gasteiger partial charge >= 0.3 is 5.97 Å². The molecule has 120 valence electrons. The molecular weight excluding hydrogens is 320 g/mol. The Balaban J connectivity index is 2.27. The third kappa shape index (κ3) is 4.21. The van der Waals surface area contributed by atoms with E-state index in [0.717, 1.165) is 0 Å². The molecule has 0 heterocycles. The first kappa shape index (κ1) is 16.8. The van der Waals surface area contributed by atoms with Crippen LogP contribution in [0.3, 0.4) is 0 Å². The Morgan fingerprint density at radius 1 is 1.13 bits per heavy atom. The second kappa shape index (κ2) is 7.62. The molecule has 0 fully saturated rings. The van der Waals surface area contributed by atoms with Crippen LogP contribution < -0.4 is 20.7 Å². The molecular formula is C16H15ClN2O4. The van der Waals surface area contributed by atoms with Gasteiger partial charge in [0.2, 0.25) is 0 Å². The summed E-state index contributed by atoms with van der Waals surface area (Å²) in [6, 6.07) is 10.8. The number of esters is 1. The largest absolute Gasteiger partial charge is 0.490 e. The van der Waals surface area contributed by atoms with Crippen molar-refractivity contribution < 1.29 is 19.1 Å². The van der Waals surface area contributed by atoms with Crippen molar-refractivity contribution in [3.63, 3.8) is 0 Å². The van der Waals surface area contributed by atoms with Crippen LogP contribution in [0.1, 0.15) is 27.6 Å². The first-order valence-electron chi connectivity index (χ1n) is 6.80. The zero-order valence-corrected chi connectivity index (χ0v) is 13.1. The maximum Gasteiger partial charge on any atom is 0.343 e. The van der Waals surface area contributed by atoms with Gasteiger partial charge in [-0.2, -0.15) is 0 Å². The van der Waals surface area contributed by atoms with Gasteiger partial charge in [0.15, 0.2) is 11.5 Å². The summed E-state index contributed by atoms with van der Waals surface area (Å²) in [6.45, 7) is 2.12. The number of carbonyl (C=O) groups is 2. The summed E-state index contributed by atoms with van der Waals surface area (Å²) in [6.07, 6.45) is 0. The standard InChI is InChI=1S/C16H15ClN2O4/c1-2-22-14-9-10(15(20)19-18)6-7-13(14)23-16(21)11-4-3-5-12(17)8-11/h3-9H,2,18H2,1H3,(H,19,20). The van der Waals surface area contributed by atoms with Crippen LogP contribution in [0.2, 0.25) is 5.02 Å². The highest BCUT2D eigenvalue weighted by molar-refractivity contribution is 6.30. The lowest BCUT2D eigenvalue weighted by Crippen LogP contribution is -2.29. The minimum Gasteiger partial charge on any atom is -0.490 e. The van der Waals surface area contributed by atoms with Gasteiger partial charge in [0.25, 0.3) is 5.91 Å². The molecule has 0 aliphatic heterocycles. The van der Waals surface area contributed by atoms with Crippen molar-refractivity contribution in [2.45, 2.75) is 6.92 Å². The van der Waals surface area contributed by atoms with Crippen molar-refractivity contribution in [2.24, 2.45) is 5.84 Å². The Morgan fingerprint density at radius 3 is 2.57 bits per heavy atom. The zero-order chi connectivity index (χ0) is 16.8. The molecule has 0 aliphatic rings. The average molecular weight is 335 g/mol. The van der Waals surface area contributed by atoms with Crippen molar-refractivity contribution in [1.82, 2.24) is 5.43 Å². The van der Waals surface area contributed by atoms with Gasteiger partial charge < -0.3 is 9.47 Å². The lowest BCUT2D eigenvalue weighted by atomic mass is 10.2. The van der Waals surface area contributed by atoms with Gasteiger partial charge in [-0.05, 0) is 43.3 Å². The summed E-state index contributed by atoms with van der Waals surface area (Å²) < 4.78 is 10.7. The summed E-state index contributed by atoms with van der Waals surface area (Å²) >= 11 is 5.86. The van der Waals surface area contributed by atoms with E-state index >= 15 is 0 Å². The SMILES string of the molecule is CCOc1cc(C(=O)NN)ccc1OC(=O)c1cccc(Cl)c1. The number of halogens is 1. The Labute approximate surface area is 138 Å². The number of rotatable bonds is 5. The van der Waals surface area contributed by atoms with E-state index in [9.17, 15) is 9.59 Å². The third-order valence-corrected chi connectivity index (χ3v) is 3.13. The molecule has 2 rings (SSSR count). The first-order chi connectivity index (χ1) is 11.0. The van der Waals surface area contributed by atoms with E-state index in [1.165, 1.54) is 24.3 Å². The summed E-state index contributed by atoms with van der Waals surface area (Å²) in [5.74, 6) is 4.51. The smallest absolute Gasteiger partial charge is 0.343 e. The fourth-order valence-corrected chi connectivity index (χ4v) is 2.05. The van der Waals surface area contributed by atoms with Gasteiger partial charge in [-0.15, -0.1) is 0 Å². The maximum atomic E-state index is 12.2. The predicted octanol–water partition coefficient (Wildman–Crippen LogP) is 2.56. The summed E-state index contributed by atoms with van der Waals surface area (Å²) in [5, 5.41) is 0.430. The molecule has 0 unspecified atom stereocenters. The van der Waals surface area contributed by atoms with Crippen LogP contribution in [-0.2, 0) is 0 Å². The molecule has 0 saturated carbocycles. The van der Waals surface area contributed by atoms with Gasteiger partial charge in [0, 0.05) is 10.6 Å². The molecule has 6 nitrogen and oxygen atoms in total. The molecule has 1 amide bonds. The van der Waals surface area contributed by atoms with Crippen LogP contribution in [0.25, 0.3) is 0 Å². The fourth-order valence-electron chi connectivity index (χ4n) is 1.86. The molecule has 7 heteroatoms. The number of nitrogens with one attached hydrogen (secondary N) is 1. The number of nitrogens with two attached hydrogens (primary N) is 1. The number of ether oxygens (including phenoxy) is 2. The minimum atomic E-state index is -0.579.